The summed E-state index contributed by atoms with van der Waals surface area (Å²) in [4.78, 5) is 42.2. The average molecular weight is 439 g/mol. The predicted octanol–water partition coefficient (Wildman–Crippen LogP) is 3.51. The molecule has 1 aliphatic heterocycles. The van der Waals surface area contributed by atoms with Crippen LogP contribution in [0.15, 0.2) is 42.5 Å². The Morgan fingerprint density at radius 2 is 1.74 bits per heavy atom. The fraction of sp³-hybridized carbons (Fsp3) is 0.261. The maximum Gasteiger partial charge on any atom is 0.319 e. The van der Waals surface area contributed by atoms with E-state index < -0.39 is 6.03 Å². The first-order chi connectivity index (χ1) is 14.9. The zero-order chi connectivity index (χ0) is 22.1. The second kappa shape index (κ2) is 8.53. The third-order valence-electron chi connectivity index (χ3n) is 5.34. The molecule has 0 unspecified atom stereocenters. The molecule has 0 spiro atoms. The van der Waals surface area contributed by atoms with Gasteiger partial charge >= 0.3 is 6.03 Å². The van der Waals surface area contributed by atoms with Crippen LogP contribution in [0.1, 0.15) is 20.7 Å². The number of amides is 4. The zero-order valence-corrected chi connectivity index (χ0v) is 18.1. The minimum Gasteiger partial charge on any atom is -0.337 e. The maximum atomic E-state index is 13.6. The van der Waals surface area contributed by atoms with E-state index in [-0.39, 0.29) is 18.4 Å². The number of hydrogen-bond donors (Lipinski definition) is 2. The number of carbonyl (C=O) groups is 3. The highest BCUT2D eigenvalue weighted by Gasteiger charge is 2.34. The maximum absolute atomic E-state index is 13.6. The van der Waals surface area contributed by atoms with Gasteiger partial charge in [-0.2, -0.15) is 0 Å². The van der Waals surface area contributed by atoms with E-state index in [1.807, 2.05) is 49.3 Å². The van der Waals surface area contributed by atoms with Gasteiger partial charge in [-0.3, -0.25) is 14.5 Å². The summed E-state index contributed by atoms with van der Waals surface area (Å²) in [5.41, 5.74) is 1.44. The fourth-order valence-electron chi connectivity index (χ4n) is 3.93. The second-order valence-corrected chi connectivity index (χ2v) is 8.07. The highest BCUT2D eigenvalue weighted by Crippen LogP contribution is 2.38. The quantitative estimate of drug-likeness (QED) is 0.350. The van der Waals surface area contributed by atoms with Gasteiger partial charge in [0, 0.05) is 41.9 Å². The molecule has 160 valence electrons. The molecule has 0 aliphatic carbocycles. The number of fused-ring (bicyclic) bond motifs is 2. The Kier molecular flexibility index (Phi) is 5.80. The summed E-state index contributed by atoms with van der Waals surface area (Å²) < 4.78 is 0. The molecule has 2 N–H and O–H groups in total. The number of benzene rings is 3. The number of halogens is 1. The van der Waals surface area contributed by atoms with E-state index in [2.05, 4.69) is 10.6 Å². The molecule has 4 rings (SSSR count). The molecule has 0 radical (unpaired) electrons. The number of urea groups is 1. The van der Waals surface area contributed by atoms with Crippen LogP contribution in [-0.4, -0.2) is 67.3 Å². The first-order valence-corrected chi connectivity index (χ1v) is 10.6. The second-order valence-electron chi connectivity index (χ2n) is 7.69. The van der Waals surface area contributed by atoms with Crippen molar-refractivity contribution >= 4 is 56.7 Å². The van der Waals surface area contributed by atoms with Crippen LogP contribution < -0.4 is 10.6 Å². The van der Waals surface area contributed by atoms with Gasteiger partial charge in [0.05, 0.1) is 11.3 Å². The largest absolute Gasteiger partial charge is 0.337 e. The summed E-state index contributed by atoms with van der Waals surface area (Å²) in [6.45, 7) is 1.16. The topological polar surface area (TPSA) is 81.8 Å². The molecule has 3 aromatic rings. The van der Waals surface area contributed by atoms with E-state index in [0.29, 0.717) is 46.6 Å². The lowest BCUT2D eigenvalue weighted by molar-refractivity contribution is 0.0602. The number of nitrogens with zero attached hydrogens (tertiary/aromatic N) is 2. The van der Waals surface area contributed by atoms with Gasteiger partial charge in [0.25, 0.3) is 11.8 Å². The van der Waals surface area contributed by atoms with E-state index in [9.17, 15) is 14.4 Å². The van der Waals surface area contributed by atoms with Crippen LogP contribution in [0.5, 0.6) is 0 Å². The van der Waals surface area contributed by atoms with Crippen LogP contribution in [0.25, 0.3) is 21.5 Å². The normalized spacial score (nSPS) is 13.4. The summed E-state index contributed by atoms with van der Waals surface area (Å²) in [6.07, 6.45) is 0. The summed E-state index contributed by atoms with van der Waals surface area (Å²) in [5.74, 6) is -0.352. The van der Waals surface area contributed by atoms with Gasteiger partial charge in [-0.25, -0.2) is 4.79 Å². The Labute approximate surface area is 184 Å². The molecule has 7 nitrogen and oxygen atoms in total. The Morgan fingerprint density at radius 1 is 1.03 bits per heavy atom. The number of nitrogens with one attached hydrogen (secondary N) is 2. The lowest BCUT2D eigenvalue weighted by atomic mass is 9.89. The van der Waals surface area contributed by atoms with Crippen molar-refractivity contribution in [2.75, 3.05) is 44.9 Å². The van der Waals surface area contributed by atoms with Crippen molar-refractivity contribution in [3.8, 4) is 0 Å². The molecule has 4 amide bonds. The molecule has 1 aliphatic rings. The Morgan fingerprint density at radius 3 is 2.45 bits per heavy atom. The van der Waals surface area contributed by atoms with Crippen molar-refractivity contribution < 1.29 is 14.4 Å². The van der Waals surface area contributed by atoms with Crippen molar-refractivity contribution in [2.24, 2.45) is 0 Å². The van der Waals surface area contributed by atoms with Crippen LogP contribution >= 0.6 is 11.6 Å². The number of carbonyl (C=O) groups excluding carboxylic acids is 3. The summed E-state index contributed by atoms with van der Waals surface area (Å²) >= 11 is 5.65. The van der Waals surface area contributed by atoms with Crippen LogP contribution in [-0.2, 0) is 0 Å². The fourth-order valence-corrected chi connectivity index (χ4v) is 4.03. The zero-order valence-electron chi connectivity index (χ0n) is 17.4. The van der Waals surface area contributed by atoms with E-state index in [0.717, 1.165) is 10.8 Å². The molecule has 0 saturated heterocycles. The van der Waals surface area contributed by atoms with Crippen LogP contribution in [0.4, 0.5) is 10.5 Å². The number of likely N-dealkylation sites (N-methyl/N-ethyl adjacent to an activating group) is 1. The van der Waals surface area contributed by atoms with Crippen molar-refractivity contribution in [1.29, 1.82) is 0 Å². The van der Waals surface area contributed by atoms with Gasteiger partial charge in [0.1, 0.15) is 0 Å². The monoisotopic (exact) mass is 438 g/mol. The van der Waals surface area contributed by atoms with Crippen LogP contribution in [0.2, 0.25) is 0 Å². The number of hydrogen-bond acceptors (Lipinski definition) is 4. The number of alkyl halides is 1. The minimum atomic E-state index is -0.405. The van der Waals surface area contributed by atoms with Gasteiger partial charge in [-0.05, 0) is 43.1 Å². The lowest BCUT2D eigenvalue weighted by Crippen LogP contribution is -2.43. The van der Waals surface area contributed by atoms with Gasteiger partial charge in [0.15, 0.2) is 0 Å². The first kappa shape index (κ1) is 21.1. The standard InChI is InChI=1S/C23H23ClN4O3/c1-27(2)11-12-28-21(29)16-7-3-5-14-13-15-6-4-8-17(26-23(31)25-10-9-24)19(15)20(18(14)16)22(28)30/h3-8,13H,9-12H2,1-2H3,(H2,25,26,31). The van der Waals surface area contributed by atoms with Gasteiger partial charge < -0.3 is 15.5 Å². The van der Waals surface area contributed by atoms with E-state index >= 15 is 0 Å². The third kappa shape index (κ3) is 3.82. The molecule has 3 aromatic carbocycles. The molecular weight excluding hydrogens is 416 g/mol. The molecule has 0 fully saturated rings. The summed E-state index contributed by atoms with van der Waals surface area (Å²) in [6, 6.07) is 12.5. The van der Waals surface area contributed by atoms with Gasteiger partial charge in [-0.15, -0.1) is 11.6 Å². The number of imide groups is 1. The summed E-state index contributed by atoms with van der Waals surface area (Å²) in [5, 5.41) is 8.37. The van der Waals surface area contributed by atoms with Crippen molar-refractivity contribution in [1.82, 2.24) is 15.1 Å². The highest BCUT2D eigenvalue weighted by molar-refractivity contribution is 6.32. The first-order valence-electron chi connectivity index (χ1n) is 10.0. The lowest BCUT2D eigenvalue weighted by Gasteiger charge is -2.29. The molecule has 0 bridgehead atoms. The Bertz CT molecular complexity index is 1210. The van der Waals surface area contributed by atoms with Crippen molar-refractivity contribution in [2.45, 2.75) is 0 Å². The van der Waals surface area contributed by atoms with E-state index in [1.54, 1.807) is 12.1 Å². The molecule has 0 saturated carbocycles. The molecule has 1 heterocycles. The third-order valence-corrected chi connectivity index (χ3v) is 5.53. The van der Waals surface area contributed by atoms with Gasteiger partial charge in [-0.1, -0.05) is 24.3 Å². The average Bonchev–Trinajstić information content (AvgIpc) is 2.74. The number of rotatable bonds is 6. The SMILES string of the molecule is CN(C)CCN1C(=O)c2cccc3cc4cccc(NC(=O)NCCCl)c4c(c23)C1=O. The minimum absolute atomic E-state index is 0.280. The smallest absolute Gasteiger partial charge is 0.319 e. The van der Waals surface area contributed by atoms with Crippen molar-refractivity contribution in [3.63, 3.8) is 0 Å². The van der Waals surface area contributed by atoms with Crippen molar-refractivity contribution in [3.05, 3.63) is 53.6 Å². The van der Waals surface area contributed by atoms with Gasteiger partial charge in [0.2, 0.25) is 0 Å². The Balaban J connectivity index is 1.93. The Hall–Kier alpha value is -3.16. The molecule has 0 aromatic heterocycles. The molecule has 8 heteroatoms. The van der Waals surface area contributed by atoms with Crippen LogP contribution in [0, 0.1) is 0 Å². The van der Waals surface area contributed by atoms with Crippen LogP contribution in [0.3, 0.4) is 0 Å². The molecular formula is C23H23ClN4O3. The number of anilines is 1. The molecule has 31 heavy (non-hydrogen) atoms. The highest BCUT2D eigenvalue weighted by atomic mass is 35.5. The summed E-state index contributed by atoms with van der Waals surface area (Å²) in [7, 11) is 3.79. The van der Waals surface area contributed by atoms with E-state index in [1.165, 1.54) is 4.90 Å². The van der Waals surface area contributed by atoms with E-state index in [4.69, 9.17) is 11.6 Å². The predicted molar refractivity (Wildman–Crippen MR) is 123 cm³/mol. The molecule has 0 atom stereocenters.